The fourth-order valence-corrected chi connectivity index (χ4v) is 3.83. The number of hydrogen-bond donors (Lipinski definition) is 4. The number of carbonyl (C=O) groups excluding carboxylic acids is 1. The number of aliphatic hydroxyl groups is 2. The number of benzene rings is 1. The minimum Gasteiger partial charge on any atom is -0.505 e. The number of nitrogens with zero attached hydrogens (tertiary/aromatic N) is 1. The van der Waals surface area contributed by atoms with Gasteiger partial charge in [-0.25, -0.2) is 4.39 Å². The normalized spacial score (nSPS) is 26.3. The molecule has 1 aromatic carbocycles. The number of aromatic hydroxyl groups is 1. The Balaban J connectivity index is 1.98. The molecule has 0 radical (unpaired) electrons. The SMILES string of the molecule is C[C@H]1[C@@H](c2ccc(F)c(F)c2O)[C@@H](C(=O)Nc2ccc([C@@H](O)CO)nc2)O[C@@]1(C)C(F)(F)F. The third-order valence-electron chi connectivity index (χ3n) is 5.95. The van der Waals surface area contributed by atoms with Crippen molar-refractivity contribution in [3.8, 4) is 5.75 Å². The second kappa shape index (κ2) is 8.84. The topological polar surface area (TPSA) is 112 Å². The zero-order chi connectivity index (χ0) is 24.7. The van der Waals surface area contributed by atoms with E-state index in [2.05, 4.69) is 10.3 Å². The molecule has 1 saturated heterocycles. The third-order valence-corrected chi connectivity index (χ3v) is 5.95. The average Bonchev–Trinajstić information content (AvgIpc) is 3.04. The van der Waals surface area contributed by atoms with Crippen molar-refractivity contribution in [1.29, 1.82) is 0 Å². The first-order chi connectivity index (χ1) is 15.3. The van der Waals surface area contributed by atoms with E-state index in [4.69, 9.17) is 9.84 Å². The minimum atomic E-state index is -4.92. The standard InChI is InChI=1S/C21H21F5N2O5/c1-9-15(11-4-5-12(22)16(23)17(11)31)18(33-20(9,2)21(24,25)26)19(32)28-10-3-6-13(27-7-10)14(30)8-29/h3-7,9,14-15,18,29-31H,8H2,1-2H3,(H,28,32)/t9-,14-,15-,18-,20+/m0/s1. The van der Waals surface area contributed by atoms with Crippen LogP contribution in [-0.2, 0) is 9.53 Å². The number of hydrogen-bond acceptors (Lipinski definition) is 6. The molecule has 33 heavy (non-hydrogen) atoms. The summed E-state index contributed by atoms with van der Waals surface area (Å²) in [5.41, 5.74) is -3.10. The molecule has 1 aromatic heterocycles. The van der Waals surface area contributed by atoms with Crippen molar-refractivity contribution < 1.29 is 46.8 Å². The van der Waals surface area contributed by atoms with E-state index in [-0.39, 0.29) is 11.4 Å². The number of rotatable bonds is 5. The highest BCUT2D eigenvalue weighted by Gasteiger charge is 2.65. The number of aromatic nitrogens is 1. The van der Waals surface area contributed by atoms with Crippen LogP contribution in [0.4, 0.5) is 27.6 Å². The molecule has 7 nitrogen and oxygen atoms in total. The zero-order valence-electron chi connectivity index (χ0n) is 17.4. The van der Waals surface area contributed by atoms with Crippen LogP contribution in [-0.4, -0.2) is 50.7 Å². The molecule has 3 rings (SSSR count). The molecule has 0 saturated carbocycles. The van der Waals surface area contributed by atoms with E-state index in [0.717, 1.165) is 26.1 Å². The van der Waals surface area contributed by atoms with Gasteiger partial charge in [-0.1, -0.05) is 13.0 Å². The van der Waals surface area contributed by atoms with Gasteiger partial charge in [0.15, 0.2) is 17.2 Å². The molecule has 1 amide bonds. The quantitative estimate of drug-likeness (QED) is 0.494. The summed E-state index contributed by atoms with van der Waals surface area (Å²) in [5.74, 6) is -8.25. The van der Waals surface area contributed by atoms with Gasteiger partial charge in [0.25, 0.3) is 5.91 Å². The van der Waals surface area contributed by atoms with Crippen LogP contribution in [0.2, 0.25) is 0 Å². The van der Waals surface area contributed by atoms with Gasteiger partial charge in [0.2, 0.25) is 5.82 Å². The first-order valence-electron chi connectivity index (χ1n) is 9.79. The predicted octanol–water partition coefficient (Wildman–Crippen LogP) is 3.17. The van der Waals surface area contributed by atoms with E-state index < -0.39 is 71.3 Å². The van der Waals surface area contributed by atoms with Crippen molar-refractivity contribution in [2.24, 2.45) is 5.92 Å². The average molecular weight is 476 g/mol. The molecule has 0 unspecified atom stereocenters. The summed E-state index contributed by atoms with van der Waals surface area (Å²) in [6.07, 6.45) is -6.90. The van der Waals surface area contributed by atoms with E-state index in [1.165, 1.54) is 12.1 Å². The van der Waals surface area contributed by atoms with Crippen LogP contribution in [0.3, 0.4) is 0 Å². The zero-order valence-corrected chi connectivity index (χ0v) is 17.4. The highest BCUT2D eigenvalue weighted by Crippen LogP contribution is 2.54. The summed E-state index contributed by atoms with van der Waals surface area (Å²) in [6.45, 7) is 1.28. The summed E-state index contributed by atoms with van der Waals surface area (Å²) in [4.78, 5) is 16.8. The molecule has 4 N–H and O–H groups in total. The number of anilines is 1. The van der Waals surface area contributed by atoms with E-state index >= 15 is 0 Å². The van der Waals surface area contributed by atoms with Crippen molar-refractivity contribution in [2.45, 2.75) is 43.8 Å². The number of carbonyl (C=O) groups is 1. The summed E-state index contributed by atoms with van der Waals surface area (Å²) in [6, 6.07) is 4.13. The lowest BCUT2D eigenvalue weighted by atomic mass is 9.77. The Kier molecular flexibility index (Phi) is 6.65. The molecule has 2 aromatic rings. The van der Waals surface area contributed by atoms with Crippen LogP contribution < -0.4 is 5.32 Å². The molecule has 1 aliphatic rings. The number of nitrogens with one attached hydrogen (secondary N) is 1. The minimum absolute atomic E-state index is 0.0408. The lowest BCUT2D eigenvalue weighted by Crippen LogP contribution is -2.47. The van der Waals surface area contributed by atoms with Gasteiger partial charge in [-0.3, -0.25) is 9.78 Å². The first kappa shape index (κ1) is 24.8. The van der Waals surface area contributed by atoms with Gasteiger partial charge in [0, 0.05) is 17.4 Å². The molecule has 180 valence electrons. The smallest absolute Gasteiger partial charge is 0.417 e. The molecule has 0 bridgehead atoms. The Morgan fingerprint density at radius 3 is 2.48 bits per heavy atom. The van der Waals surface area contributed by atoms with Gasteiger partial charge >= 0.3 is 6.18 Å². The molecule has 12 heteroatoms. The van der Waals surface area contributed by atoms with Gasteiger partial charge in [0.1, 0.15) is 12.2 Å². The fourth-order valence-electron chi connectivity index (χ4n) is 3.83. The second-order valence-electron chi connectivity index (χ2n) is 7.92. The Morgan fingerprint density at radius 1 is 1.27 bits per heavy atom. The fraction of sp³-hybridized carbons (Fsp3) is 0.429. The molecule has 0 aliphatic carbocycles. The van der Waals surface area contributed by atoms with Crippen molar-refractivity contribution >= 4 is 11.6 Å². The lowest BCUT2D eigenvalue weighted by Gasteiger charge is -2.31. The number of aliphatic hydroxyl groups excluding tert-OH is 2. The lowest BCUT2D eigenvalue weighted by molar-refractivity contribution is -0.272. The van der Waals surface area contributed by atoms with Crippen LogP contribution in [0, 0.1) is 17.6 Å². The van der Waals surface area contributed by atoms with Gasteiger partial charge in [0.05, 0.1) is 24.2 Å². The summed E-state index contributed by atoms with van der Waals surface area (Å²) < 4.78 is 74.1. The van der Waals surface area contributed by atoms with Gasteiger partial charge in [-0.05, 0) is 25.1 Å². The monoisotopic (exact) mass is 476 g/mol. The predicted molar refractivity (Wildman–Crippen MR) is 104 cm³/mol. The van der Waals surface area contributed by atoms with Crippen molar-refractivity contribution in [1.82, 2.24) is 4.98 Å². The van der Waals surface area contributed by atoms with Crippen LogP contribution in [0.25, 0.3) is 0 Å². The Labute approximate surface area is 184 Å². The molecule has 2 heterocycles. The van der Waals surface area contributed by atoms with Gasteiger partial charge < -0.3 is 25.4 Å². The maximum Gasteiger partial charge on any atom is 0.417 e. The number of halogens is 5. The number of pyridine rings is 1. The van der Waals surface area contributed by atoms with Crippen LogP contribution >= 0.6 is 0 Å². The first-order valence-corrected chi connectivity index (χ1v) is 9.79. The molecule has 1 fully saturated rings. The van der Waals surface area contributed by atoms with E-state index in [1.807, 2.05) is 0 Å². The highest BCUT2D eigenvalue weighted by atomic mass is 19.4. The molecule has 0 spiro atoms. The largest absolute Gasteiger partial charge is 0.505 e. The van der Waals surface area contributed by atoms with Crippen molar-refractivity contribution in [3.05, 3.63) is 53.4 Å². The van der Waals surface area contributed by atoms with Gasteiger partial charge in [-0.2, -0.15) is 17.6 Å². The Hall–Kier alpha value is -2.83. The highest BCUT2D eigenvalue weighted by molar-refractivity contribution is 5.95. The summed E-state index contributed by atoms with van der Waals surface area (Å²) >= 11 is 0. The van der Waals surface area contributed by atoms with Crippen molar-refractivity contribution in [3.63, 3.8) is 0 Å². The van der Waals surface area contributed by atoms with Crippen LogP contribution in [0.5, 0.6) is 5.75 Å². The second-order valence-corrected chi connectivity index (χ2v) is 7.92. The Morgan fingerprint density at radius 2 is 1.94 bits per heavy atom. The number of ether oxygens (including phenoxy) is 1. The van der Waals surface area contributed by atoms with Crippen molar-refractivity contribution in [2.75, 3.05) is 11.9 Å². The number of phenols is 1. The molecule has 1 aliphatic heterocycles. The van der Waals surface area contributed by atoms with E-state index in [1.54, 1.807) is 0 Å². The maximum absolute atomic E-state index is 14.0. The van der Waals surface area contributed by atoms with Crippen LogP contribution in [0.1, 0.15) is 37.1 Å². The summed E-state index contributed by atoms with van der Waals surface area (Å²) in [7, 11) is 0. The Bertz CT molecular complexity index is 1030. The van der Waals surface area contributed by atoms with E-state index in [0.29, 0.717) is 6.07 Å². The molecular formula is C21H21F5N2O5. The summed E-state index contributed by atoms with van der Waals surface area (Å²) in [5, 5.41) is 30.9. The number of phenolic OH excluding ortho intramolecular Hbond substituents is 1. The van der Waals surface area contributed by atoms with Crippen LogP contribution in [0.15, 0.2) is 30.5 Å². The molecular weight excluding hydrogens is 455 g/mol. The third kappa shape index (κ3) is 4.37. The number of alkyl halides is 3. The van der Waals surface area contributed by atoms with Gasteiger partial charge in [-0.15, -0.1) is 0 Å². The maximum atomic E-state index is 14.0. The van der Waals surface area contributed by atoms with E-state index in [9.17, 15) is 37.0 Å². The molecule has 5 atom stereocenters. The number of amides is 1.